The first-order chi connectivity index (χ1) is 6.38. The predicted octanol–water partition coefficient (Wildman–Crippen LogP) is 1.24. The Hall–Kier alpha value is -1.32. The molecule has 0 atom stereocenters. The van der Waals surface area contributed by atoms with Crippen molar-refractivity contribution in [3.8, 4) is 0 Å². The second kappa shape index (κ2) is 3.44. The minimum absolute atomic E-state index is 0.135. The van der Waals surface area contributed by atoms with Gasteiger partial charge in [-0.15, -0.1) is 6.58 Å². The van der Waals surface area contributed by atoms with Gasteiger partial charge in [-0.25, -0.2) is 4.79 Å². The number of nitrogens with zero attached hydrogens (tertiary/aromatic N) is 2. The average molecular weight is 196 g/mol. The number of hydrogen-bond acceptors (Lipinski definition) is 2. The molecular weight excluding hydrogens is 180 g/mol. The van der Waals surface area contributed by atoms with Crippen molar-refractivity contribution in [2.24, 2.45) is 0 Å². The maximum Gasteiger partial charge on any atom is 0.328 e. The van der Waals surface area contributed by atoms with E-state index >= 15 is 0 Å². The van der Waals surface area contributed by atoms with Crippen LogP contribution in [-0.2, 0) is 4.79 Å². The molecule has 0 radical (unpaired) electrons. The fourth-order valence-electron chi connectivity index (χ4n) is 1.51. The van der Waals surface area contributed by atoms with Gasteiger partial charge in [0.25, 0.3) is 5.91 Å². The summed E-state index contributed by atoms with van der Waals surface area (Å²) in [5, 5.41) is 0. The van der Waals surface area contributed by atoms with E-state index in [9.17, 15) is 9.59 Å². The fourth-order valence-corrected chi connectivity index (χ4v) is 1.51. The van der Waals surface area contributed by atoms with E-state index in [1.807, 2.05) is 20.8 Å². The first-order valence-electron chi connectivity index (χ1n) is 4.61. The molecule has 0 unspecified atom stereocenters. The fraction of sp³-hybridized carbons (Fsp3) is 0.600. The maximum absolute atomic E-state index is 11.7. The molecule has 0 bridgehead atoms. The van der Waals surface area contributed by atoms with Crippen molar-refractivity contribution < 1.29 is 9.59 Å². The number of rotatable bonds is 2. The summed E-state index contributed by atoms with van der Waals surface area (Å²) in [6.45, 7) is 9.69. The van der Waals surface area contributed by atoms with Crippen molar-refractivity contribution in [1.82, 2.24) is 9.80 Å². The Morgan fingerprint density at radius 1 is 1.43 bits per heavy atom. The molecule has 1 aliphatic heterocycles. The van der Waals surface area contributed by atoms with Gasteiger partial charge in [0.2, 0.25) is 0 Å². The van der Waals surface area contributed by atoms with E-state index in [-0.39, 0.29) is 18.5 Å². The summed E-state index contributed by atoms with van der Waals surface area (Å²) >= 11 is 0. The number of hydrogen-bond donors (Lipinski definition) is 0. The first-order valence-corrected chi connectivity index (χ1v) is 4.61. The molecule has 0 N–H and O–H groups in total. The Morgan fingerprint density at radius 2 is 2.00 bits per heavy atom. The van der Waals surface area contributed by atoms with Crippen LogP contribution in [0.3, 0.4) is 0 Å². The van der Waals surface area contributed by atoms with Crippen LogP contribution < -0.4 is 0 Å². The third-order valence-corrected chi connectivity index (χ3v) is 2.06. The molecule has 0 aromatic rings. The summed E-state index contributed by atoms with van der Waals surface area (Å²) in [6.07, 6.45) is 1.62. The van der Waals surface area contributed by atoms with E-state index in [1.54, 1.807) is 6.08 Å². The maximum atomic E-state index is 11.7. The third-order valence-electron chi connectivity index (χ3n) is 2.06. The number of carbonyl (C=O) groups excluding carboxylic acids is 2. The summed E-state index contributed by atoms with van der Waals surface area (Å²) in [7, 11) is 0. The summed E-state index contributed by atoms with van der Waals surface area (Å²) in [5.41, 5.74) is -0.440. The quantitative estimate of drug-likeness (QED) is 0.492. The Balaban J connectivity index is 2.86. The van der Waals surface area contributed by atoms with E-state index in [1.165, 1.54) is 9.80 Å². The molecule has 1 saturated heterocycles. The third kappa shape index (κ3) is 1.78. The summed E-state index contributed by atoms with van der Waals surface area (Å²) in [6, 6.07) is -0.220. The highest BCUT2D eigenvalue weighted by Gasteiger charge is 2.41. The van der Waals surface area contributed by atoms with Crippen LogP contribution in [0.4, 0.5) is 4.79 Å². The first kappa shape index (κ1) is 10.8. The molecule has 0 aromatic carbocycles. The van der Waals surface area contributed by atoms with E-state index in [0.29, 0.717) is 6.54 Å². The van der Waals surface area contributed by atoms with Gasteiger partial charge in [0.05, 0.1) is 0 Å². The highest BCUT2D eigenvalue weighted by molar-refractivity contribution is 6.02. The monoisotopic (exact) mass is 196 g/mol. The molecule has 14 heavy (non-hydrogen) atoms. The van der Waals surface area contributed by atoms with Crippen LogP contribution in [0.15, 0.2) is 12.7 Å². The van der Waals surface area contributed by atoms with Crippen molar-refractivity contribution in [2.75, 3.05) is 13.1 Å². The lowest BCUT2D eigenvalue weighted by molar-refractivity contribution is -0.128. The lowest BCUT2D eigenvalue weighted by atomic mass is 10.1. The molecule has 1 fully saturated rings. The van der Waals surface area contributed by atoms with Gasteiger partial charge in [-0.05, 0) is 20.8 Å². The molecule has 1 heterocycles. The number of carbonyl (C=O) groups is 2. The summed E-state index contributed by atoms with van der Waals surface area (Å²) in [5.74, 6) is -0.135. The normalized spacial score (nSPS) is 17.9. The molecule has 0 aromatic heterocycles. The summed E-state index contributed by atoms with van der Waals surface area (Å²) in [4.78, 5) is 26.1. The predicted molar refractivity (Wildman–Crippen MR) is 53.8 cm³/mol. The second-order valence-corrected chi connectivity index (χ2v) is 4.35. The zero-order chi connectivity index (χ0) is 10.9. The molecule has 3 amide bonds. The molecule has 0 aliphatic carbocycles. The van der Waals surface area contributed by atoms with E-state index < -0.39 is 5.54 Å². The standard InChI is InChI=1S/C10H16N2O2/c1-5-6-11-7-8(13)12(9(11)14)10(2,3)4/h5H,1,6-7H2,2-4H3. The van der Waals surface area contributed by atoms with Gasteiger partial charge < -0.3 is 4.90 Å². The molecule has 4 heteroatoms. The number of amides is 3. The molecule has 4 nitrogen and oxygen atoms in total. The molecule has 78 valence electrons. The highest BCUT2D eigenvalue weighted by atomic mass is 16.2. The van der Waals surface area contributed by atoms with Gasteiger partial charge in [-0.2, -0.15) is 0 Å². The zero-order valence-electron chi connectivity index (χ0n) is 8.91. The van der Waals surface area contributed by atoms with Crippen LogP contribution in [0, 0.1) is 0 Å². The summed E-state index contributed by atoms with van der Waals surface area (Å²) < 4.78 is 0. The molecule has 1 aliphatic rings. The number of imide groups is 1. The van der Waals surface area contributed by atoms with Crippen molar-refractivity contribution in [3.05, 3.63) is 12.7 Å². The topological polar surface area (TPSA) is 40.6 Å². The van der Waals surface area contributed by atoms with Gasteiger partial charge in [0, 0.05) is 12.1 Å². The van der Waals surface area contributed by atoms with Crippen molar-refractivity contribution in [3.63, 3.8) is 0 Å². The van der Waals surface area contributed by atoms with E-state index in [0.717, 1.165) is 0 Å². The van der Waals surface area contributed by atoms with Crippen LogP contribution in [0.2, 0.25) is 0 Å². The van der Waals surface area contributed by atoms with Crippen LogP contribution in [-0.4, -0.2) is 40.4 Å². The average Bonchev–Trinajstić information content (AvgIpc) is 2.26. The van der Waals surface area contributed by atoms with Gasteiger partial charge in [0.15, 0.2) is 0 Å². The van der Waals surface area contributed by atoms with Crippen molar-refractivity contribution in [2.45, 2.75) is 26.3 Å². The second-order valence-electron chi connectivity index (χ2n) is 4.35. The molecule has 0 saturated carbocycles. The minimum Gasteiger partial charge on any atom is -0.311 e. The lowest BCUT2D eigenvalue weighted by Gasteiger charge is -2.29. The van der Waals surface area contributed by atoms with Gasteiger partial charge in [0.1, 0.15) is 6.54 Å². The van der Waals surface area contributed by atoms with Crippen LogP contribution >= 0.6 is 0 Å². The zero-order valence-corrected chi connectivity index (χ0v) is 8.91. The Labute approximate surface area is 84.2 Å². The van der Waals surface area contributed by atoms with E-state index in [4.69, 9.17) is 0 Å². The Kier molecular flexibility index (Phi) is 2.64. The van der Waals surface area contributed by atoms with E-state index in [2.05, 4.69) is 6.58 Å². The van der Waals surface area contributed by atoms with Crippen LogP contribution in [0.5, 0.6) is 0 Å². The molecular formula is C10H16N2O2. The highest BCUT2D eigenvalue weighted by Crippen LogP contribution is 2.21. The lowest BCUT2D eigenvalue weighted by Crippen LogP contribution is -2.46. The minimum atomic E-state index is -0.440. The van der Waals surface area contributed by atoms with Gasteiger partial charge in [-0.3, -0.25) is 9.69 Å². The SMILES string of the molecule is C=CCN1CC(=O)N(C(C)(C)C)C1=O. The Bertz CT molecular complexity index is 278. The van der Waals surface area contributed by atoms with Crippen molar-refractivity contribution >= 4 is 11.9 Å². The van der Waals surface area contributed by atoms with Crippen LogP contribution in [0.25, 0.3) is 0 Å². The molecule has 1 rings (SSSR count). The van der Waals surface area contributed by atoms with Crippen LogP contribution in [0.1, 0.15) is 20.8 Å². The smallest absolute Gasteiger partial charge is 0.311 e. The molecule has 0 spiro atoms. The Morgan fingerprint density at radius 3 is 2.36 bits per heavy atom. The van der Waals surface area contributed by atoms with Crippen molar-refractivity contribution in [1.29, 1.82) is 0 Å². The largest absolute Gasteiger partial charge is 0.328 e. The van der Waals surface area contributed by atoms with Gasteiger partial charge in [-0.1, -0.05) is 6.08 Å². The number of urea groups is 1. The van der Waals surface area contributed by atoms with Gasteiger partial charge >= 0.3 is 6.03 Å².